The van der Waals surface area contributed by atoms with Gasteiger partial charge in [-0.1, -0.05) is 83.6 Å². The summed E-state index contributed by atoms with van der Waals surface area (Å²) in [4.78, 5) is 72.6. The van der Waals surface area contributed by atoms with E-state index in [1.165, 1.54) is 4.90 Å². The molecule has 15 atom stereocenters. The van der Waals surface area contributed by atoms with Crippen LogP contribution in [0.5, 0.6) is 0 Å². The van der Waals surface area contributed by atoms with Gasteiger partial charge in [0.15, 0.2) is 5.78 Å². The minimum Gasteiger partial charge on any atom is -0.460 e. The zero-order valence-corrected chi connectivity index (χ0v) is 43.7. The standard InChI is InChI=1S/C55H87NO13/c1-34-17-13-12-14-18-35(2)47(64-9)31-44-23-20-40(7)55(63,69-44)52(60)53(61)56-24-16-15-19-45(56)54(62)68-48(38(5)29-42-21-22-43(33-67-26-25-57)49(30-42)65-10)32-46(58)37(4)28-36(3)41(8)51(66-11)50(59)39(6)27-34/h12-14,17-18,28,34,37-45,47-49,51,57,63H,15-16,19-27,29-33H2,1-11H3/b14-12+,17-13+,35-18+,36-28+/t34-,37-,38-,39-,40-,41?,42+,43+,44+,45+,47+,48+,49-,51-,55-/m1/s1. The Morgan fingerprint density at radius 3 is 2.28 bits per heavy atom. The molecule has 2 saturated heterocycles. The number of aliphatic hydroxyl groups excluding tert-OH is 1. The molecule has 0 aromatic heterocycles. The number of esters is 1. The molecule has 1 unspecified atom stereocenters. The van der Waals surface area contributed by atoms with Gasteiger partial charge in [-0.25, -0.2) is 4.79 Å². The predicted molar refractivity (Wildman–Crippen MR) is 264 cm³/mol. The monoisotopic (exact) mass is 970 g/mol. The van der Waals surface area contributed by atoms with Crippen molar-refractivity contribution in [2.24, 2.45) is 47.3 Å². The molecule has 0 aromatic carbocycles. The van der Waals surface area contributed by atoms with Crippen LogP contribution in [0.3, 0.4) is 0 Å². The molecule has 390 valence electrons. The number of aliphatic hydroxyl groups is 2. The Bertz CT molecular complexity index is 1820. The van der Waals surface area contributed by atoms with Gasteiger partial charge in [0, 0.05) is 70.3 Å². The fraction of sp³-hybridized carbons (Fsp3) is 0.764. The topological polar surface area (TPSA) is 184 Å². The minimum absolute atomic E-state index is 0.00402. The number of cyclic esters (lactones) is 1. The zero-order valence-electron chi connectivity index (χ0n) is 43.7. The maximum absolute atomic E-state index is 14.5. The summed E-state index contributed by atoms with van der Waals surface area (Å²) in [5.41, 5.74) is 1.74. The van der Waals surface area contributed by atoms with Crippen LogP contribution in [0, 0.1) is 47.3 Å². The van der Waals surface area contributed by atoms with E-state index in [1.807, 2.05) is 71.9 Å². The van der Waals surface area contributed by atoms with Gasteiger partial charge in [0.05, 0.1) is 38.1 Å². The molecule has 69 heavy (non-hydrogen) atoms. The molecule has 0 spiro atoms. The maximum atomic E-state index is 14.5. The highest BCUT2D eigenvalue weighted by molar-refractivity contribution is 6.39. The predicted octanol–water partition coefficient (Wildman–Crippen LogP) is 7.72. The van der Waals surface area contributed by atoms with Crippen LogP contribution >= 0.6 is 0 Å². The van der Waals surface area contributed by atoms with E-state index in [0.717, 1.165) is 30.4 Å². The molecule has 14 heteroatoms. The van der Waals surface area contributed by atoms with Crippen molar-refractivity contribution in [3.05, 3.63) is 47.6 Å². The fourth-order valence-corrected chi connectivity index (χ4v) is 10.9. The second-order valence-corrected chi connectivity index (χ2v) is 20.9. The van der Waals surface area contributed by atoms with Crippen molar-refractivity contribution in [1.82, 2.24) is 4.90 Å². The van der Waals surface area contributed by atoms with E-state index in [0.29, 0.717) is 51.6 Å². The van der Waals surface area contributed by atoms with Crippen LogP contribution in [-0.4, -0.2) is 134 Å². The van der Waals surface area contributed by atoms with E-state index in [2.05, 4.69) is 13.0 Å². The first-order valence-corrected chi connectivity index (χ1v) is 25.8. The van der Waals surface area contributed by atoms with Gasteiger partial charge < -0.3 is 43.5 Å². The number of rotatable bonds is 10. The second kappa shape index (κ2) is 28.0. The molecule has 2 bridgehead atoms. The van der Waals surface area contributed by atoms with Gasteiger partial charge in [0.1, 0.15) is 24.0 Å². The van der Waals surface area contributed by atoms with Crippen molar-refractivity contribution in [3.63, 3.8) is 0 Å². The summed E-state index contributed by atoms with van der Waals surface area (Å²) in [6, 6.07) is -1.11. The number of Topliss-reactive ketones (excluding diaryl/α,β-unsaturated/α-hetero) is 3. The molecule has 3 fully saturated rings. The van der Waals surface area contributed by atoms with Crippen molar-refractivity contribution in [2.45, 2.75) is 175 Å². The van der Waals surface area contributed by atoms with Crippen molar-refractivity contribution < 1.29 is 62.6 Å². The third-order valence-electron chi connectivity index (χ3n) is 15.6. The highest BCUT2D eigenvalue weighted by atomic mass is 16.6. The Kier molecular flexibility index (Phi) is 23.6. The first kappa shape index (κ1) is 58.2. The maximum Gasteiger partial charge on any atom is 0.329 e. The molecule has 1 aliphatic carbocycles. The van der Waals surface area contributed by atoms with Gasteiger partial charge in [0.25, 0.3) is 11.7 Å². The Morgan fingerprint density at radius 2 is 1.59 bits per heavy atom. The van der Waals surface area contributed by atoms with Crippen LogP contribution in [0.2, 0.25) is 0 Å². The van der Waals surface area contributed by atoms with Crippen molar-refractivity contribution in [2.75, 3.05) is 47.7 Å². The number of hydrogen-bond donors (Lipinski definition) is 2. The van der Waals surface area contributed by atoms with Crippen LogP contribution in [0.15, 0.2) is 47.6 Å². The molecule has 3 aliphatic heterocycles. The van der Waals surface area contributed by atoms with Crippen LogP contribution in [0.4, 0.5) is 0 Å². The smallest absolute Gasteiger partial charge is 0.329 e. The van der Waals surface area contributed by atoms with E-state index >= 15 is 0 Å². The number of hydrogen-bond acceptors (Lipinski definition) is 13. The van der Waals surface area contributed by atoms with Crippen LogP contribution in [-0.2, 0) is 52.4 Å². The number of ketones is 3. The van der Waals surface area contributed by atoms with E-state index in [-0.39, 0.29) is 85.8 Å². The first-order chi connectivity index (χ1) is 32.8. The molecule has 1 amide bonds. The Morgan fingerprint density at radius 1 is 0.855 bits per heavy atom. The molecule has 0 aromatic rings. The molecule has 0 radical (unpaired) electrons. The summed E-state index contributed by atoms with van der Waals surface area (Å²) >= 11 is 0. The lowest BCUT2D eigenvalue weighted by molar-refractivity contribution is -0.265. The molecule has 4 rings (SSSR count). The Balaban J connectivity index is 1.69. The first-order valence-electron chi connectivity index (χ1n) is 25.8. The molecule has 2 N–H and O–H groups in total. The SMILES string of the molecule is CO[C@H]1C[C@@H]2CC[C@@H](C)[C@@](O)(O2)C(=O)C(=O)N2CCCC[C@H]2C(=O)O[C@H]([C@H](C)C[C@@H]2CC[C@@H](COCCO)[C@H](OC)C2)CC(=O)[C@H](C)/C=C(\C)C(C)[C@@H](OC)C(=O)[C@H](C)C[C@H](C)/C=C/C=C/C=C/1C. The molecule has 1 saturated carbocycles. The summed E-state index contributed by atoms with van der Waals surface area (Å²) < 4.78 is 35.9. The average molecular weight is 970 g/mol. The number of piperidine rings is 1. The lowest BCUT2D eigenvalue weighted by Crippen LogP contribution is -2.61. The van der Waals surface area contributed by atoms with Crippen molar-refractivity contribution in [1.29, 1.82) is 0 Å². The lowest BCUT2D eigenvalue weighted by Gasteiger charge is -2.42. The quantitative estimate of drug-likeness (QED) is 0.0940. The molecular formula is C55H87NO13. The molecule has 14 nitrogen and oxygen atoms in total. The number of methoxy groups -OCH3 is 3. The van der Waals surface area contributed by atoms with Crippen LogP contribution in [0.25, 0.3) is 0 Å². The lowest BCUT2D eigenvalue weighted by atomic mass is 9.75. The number of amides is 1. The van der Waals surface area contributed by atoms with Crippen LogP contribution < -0.4 is 0 Å². The largest absolute Gasteiger partial charge is 0.460 e. The van der Waals surface area contributed by atoms with E-state index < -0.39 is 65.7 Å². The van der Waals surface area contributed by atoms with Gasteiger partial charge in [0.2, 0.25) is 5.79 Å². The van der Waals surface area contributed by atoms with Crippen molar-refractivity contribution in [3.8, 4) is 0 Å². The number of carbonyl (C=O) groups is 5. The molecular weight excluding hydrogens is 883 g/mol. The van der Waals surface area contributed by atoms with E-state index in [9.17, 15) is 34.2 Å². The van der Waals surface area contributed by atoms with Gasteiger partial charge in [-0.15, -0.1) is 0 Å². The van der Waals surface area contributed by atoms with Gasteiger partial charge in [-0.05, 0) is 101 Å². The van der Waals surface area contributed by atoms with Crippen LogP contribution in [0.1, 0.15) is 132 Å². The Hall–Kier alpha value is -3.37. The second-order valence-electron chi connectivity index (χ2n) is 20.9. The van der Waals surface area contributed by atoms with Gasteiger partial charge in [-0.2, -0.15) is 0 Å². The average Bonchev–Trinajstić information content (AvgIpc) is 3.33. The summed E-state index contributed by atoms with van der Waals surface area (Å²) in [6.45, 7) is 16.1. The number of fused-ring (bicyclic) bond motifs is 3. The summed E-state index contributed by atoms with van der Waals surface area (Å²) in [7, 11) is 4.83. The van der Waals surface area contributed by atoms with E-state index in [1.54, 1.807) is 28.3 Å². The molecule has 3 heterocycles. The third kappa shape index (κ3) is 16.1. The van der Waals surface area contributed by atoms with Gasteiger partial charge in [-0.3, -0.25) is 19.2 Å². The molecule has 4 aliphatic rings. The Labute approximate surface area is 413 Å². The van der Waals surface area contributed by atoms with E-state index in [4.69, 9.17) is 28.4 Å². The van der Waals surface area contributed by atoms with Crippen molar-refractivity contribution >= 4 is 29.2 Å². The summed E-state index contributed by atoms with van der Waals surface area (Å²) in [5, 5.41) is 21.2. The number of allylic oxidation sites excluding steroid dienone is 6. The highest BCUT2D eigenvalue weighted by Crippen LogP contribution is 2.39. The third-order valence-corrected chi connectivity index (χ3v) is 15.6. The number of ether oxygens (including phenoxy) is 6. The number of carbonyl (C=O) groups excluding carboxylic acids is 5. The summed E-state index contributed by atoms with van der Waals surface area (Å²) in [6.07, 6.45) is 15.4. The van der Waals surface area contributed by atoms with Gasteiger partial charge >= 0.3 is 5.97 Å². The zero-order chi connectivity index (χ0) is 51.0. The summed E-state index contributed by atoms with van der Waals surface area (Å²) in [5.74, 6) is -7.05. The minimum atomic E-state index is -2.41. The normalized spacial score (nSPS) is 38.8. The number of nitrogens with zero attached hydrogens (tertiary/aromatic N) is 1. The highest BCUT2D eigenvalue weighted by Gasteiger charge is 2.53. The fourth-order valence-electron chi connectivity index (χ4n) is 10.9.